The second kappa shape index (κ2) is 9.33. The lowest BCUT2D eigenvalue weighted by Gasteiger charge is -2.19. The van der Waals surface area contributed by atoms with Gasteiger partial charge in [0.15, 0.2) is 0 Å². The summed E-state index contributed by atoms with van der Waals surface area (Å²) in [6, 6.07) is 49.7. The largest absolute Gasteiger partial charge is 0.291 e. The summed E-state index contributed by atoms with van der Waals surface area (Å²) in [4.78, 5) is 5.30. The number of imidazole rings is 1. The Morgan fingerprint density at radius 1 is 0.525 bits per heavy atom. The Labute approximate surface area is 236 Å². The summed E-state index contributed by atoms with van der Waals surface area (Å²) in [5, 5.41) is 6.01. The number of aromatic nitrogens is 2. The monoisotopic (exact) mass is 528 g/mol. The molecule has 0 N–H and O–H groups in total. The third-order valence-electron chi connectivity index (χ3n) is 7.67. The van der Waals surface area contributed by atoms with Gasteiger partial charge in [-0.2, -0.15) is 0 Å². The Morgan fingerprint density at radius 3 is 1.82 bits per heavy atom. The van der Waals surface area contributed by atoms with Gasteiger partial charge >= 0.3 is 0 Å². The Bertz CT molecular complexity index is 2100. The van der Waals surface area contributed by atoms with Gasteiger partial charge in [0.05, 0.1) is 16.7 Å². The third-order valence-corrected chi connectivity index (χ3v) is 8.62. The van der Waals surface area contributed by atoms with Crippen molar-refractivity contribution in [2.24, 2.45) is 0 Å². The highest BCUT2D eigenvalue weighted by Crippen LogP contribution is 2.43. The minimum Gasteiger partial charge on any atom is -0.291 e. The molecule has 0 saturated carbocycles. The highest BCUT2D eigenvalue weighted by Gasteiger charge is 2.22. The normalized spacial score (nSPS) is 11.5. The Hall–Kier alpha value is -4.99. The lowest BCUT2D eigenvalue weighted by Crippen LogP contribution is -2.03. The highest BCUT2D eigenvalue weighted by atomic mass is 32.1. The number of fused-ring (bicyclic) bond motifs is 3. The first-order valence-corrected chi connectivity index (χ1v) is 14.4. The van der Waals surface area contributed by atoms with Crippen molar-refractivity contribution in [1.29, 1.82) is 0 Å². The summed E-state index contributed by atoms with van der Waals surface area (Å²) >= 11 is 1.79. The molecule has 6 aromatic carbocycles. The van der Waals surface area contributed by atoms with Gasteiger partial charge in [-0.05, 0) is 46.2 Å². The van der Waals surface area contributed by atoms with E-state index in [0.29, 0.717) is 0 Å². The second-order valence-corrected chi connectivity index (χ2v) is 10.9. The SMILES string of the molecule is c1ccc(-c2cccc(-c3ccccc3)c2-n2c(-c3csc4cc5ccccc5cc34)nc3ccccc32)cc1. The Balaban J connectivity index is 1.50. The standard InChI is InChI=1S/C37H24N2S/c1-3-12-25(13-4-1)29-18-11-19-30(26-14-5-2-6-15-26)36(29)39-34-21-10-9-20-33(34)38-37(39)32-24-40-35-23-28-17-8-7-16-27(28)22-31(32)35/h1-24H. The molecule has 0 unspecified atom stereocenters. The second-order valence-electron chi connectivity index (χ2n) is 10.0. The summed E-state index contributed by atoms with van der Waals surface area (Å²) in [5.74, 6) is 0.961. The molecular weight excluding hydrogens is 504 g/mol. The van der Waals surface area contributed by atoms with E-state index in [0.717, 1.165) is 28.1 Å². The van der Waals surface area contributed by atoms with Crippen LogP contribution in [-0.2, 0) is 0 Å². The fourth-order valence-corrected chi connectivity index (χ4v) is 6.77. The zero-order chi connectivity index (χ0) is 26.5. The highest BCUT2D eigenvalue weighted by molar-refractivity contribution is 7.17. The topological polar surface area (TPSA) is 17.8 Å². The van der Waals surface area contributed by atoms with Crippen LogP contribution in [0.5, 0.6) is 0 Å². The van der Waals surface area contributed by atoms with E-state index in [1.54, 1.807) is 11.3 Å². The van der Waals surface area contributed by atoms with Crippen LogP contribution in [0, 0.1) is 0 Å². The molecule has 0 fully saturated rings. The van der Waals surface area contributed by atoms with Gasteiger partial charge in [-0.25, -0.2) is 4.98 Å². The molecule has 40 heavy (non-hydrogen) atoms. The van der Waals surface area contributed by atoms with Crippen LogP contribution in [0.25, 0.3) is 71.2 Å². The molecule has 0 atom stereocenters. The zero-order valence-electron chi connectivity index (χ0n) is 21.7. The van der Waals surface area contributed by atoms with E-state index in [2.05, 4.69) is 149 Å². The van der Waals surface area contributed by atoms with E-state index < -0.39 is 0 Å². The van der Waals surface area contributed by atoms with Gasteiger partial charge in [-0.15, -0.1) is 11.3 Å². The first kappa shape index (κ1) is 22.9. The number of benzene rings is 6. The molecule has 8 rings (SSSR count). The van der Waals surface area contributed by atoms with E-state index in [1.165, 1.54) is 43.1 Å². The molecule has 8 aromatic rings. The molecule has 0 spiro atoms. The molecule has 188 valence electrons. The first-order valence-electron chi connectivity index (χ1n) is 13.5. The van der Waals surface area contributed by atoms with Crippen LogP contribution in [0.2, 0.25) is 0 Å². The minimum atomic E-state index is 0.961. The van der Waals surface area contributed by atoms with Crippen molar-refractivity contribution in [3.63, 3.8) is 0 Å². The average molecular weight is 529 g/mol. The van der Waals surface area contributed by atoms with Crippen LogP contribution in [0.4, 0.5) is 0 Å². The van der Waals surface area contributed by atoms with Crippen molar-refractivity contribution in [2.75, 3.05) is 0 Å². The van der Waals surface area contributed by atoms with Gasteiger partial charge in [0.25, 0.3) is 0 Å². The summed E-state index contributed by atoms with van der Waals surface area (Å²) in [6.07, 6.45) is 0. The van der Waals surface area contributed by atoms with Crippen LogP contribution in [0.15, 0.2) is 145 Å². The lowest BCUT2D eigenvalue weighted by atomic mass is 9.95. The molecule has 0 amide bonds. The van der Waals surface area contributed by atoms with Crippen LogP contribution in [-0.4, -0.2) is 9.55 Å². The maximum atomic E-state index is 5.30. The lowest BCUT2D eigenvalue weighted by molar-refractivity contribution is 1.11. The van der Waals surface area contributed by atoms with Crippen molar-refractivity contribution in [1.82, 2.24) is 9.55 Å². The minimum absolute atomic E-state index is 0.961. The van der Waals surface area contributed by atoms with Gasteiger partial charge in [0, 0.05) is 32.2 Å². The predicted octanol–water partition coefficient (Wildman–Crippen LogP) is 10.4. The fourth-order valence-electron chi connectivity index (χ4n) is 5.81. The molecule has 0 saturated heterocycles. The van der Waals surface area contributed by atoms with Gasteiger partial charge in [-0.1, -0.05) is 115 Å². The fraction of sp³-hybridized carbons (Fsp3) is 0. The van der Waals surface area contributed by atoms with E-state index >= 15 is 0 Å². The van der Waals surface area contributed by atoms with Crippen LogP contribution < -0.4 is 0 Å². The first-order chi connectivity index (χ1) is 19.8. The van der Waals surface area contributed by atoms with E-state index in [9.17, 15) is 0 Å². The third kappa shape index (κ3) is 3.67. The van der Waals surface area contributed by atoms with E-state index in [4.69, 9.17) is 4.98 Å². The smallest absolute Gasteiger partial charge is 0.147 e. The van der Waals surface area contributed by atoms with Crippen molar-refractivity contribution in [2.45, 2.75) is 0 Å². The van der Waals surface area contributed by atoms with E-state index in [1.807, 2.05) is 0 Å². The van der Waals surface area contributed by atoms with Crippen molar-refractivity contribution >= 4 is 43.2 Å². The molecular formula is C37H24N2S. The van der Waals surface area contributed by atoms with Gasteiger partial charge in [0.2, 0.25) is 0 Å². The molecule has 0 bridgehead atoms. The number of thiophene rings is 1. The van der Waals surface area contributed by atoms with Crippen molar-refractivity contribution in [3.05, 3.63) is 145 Å². The summed E-state index contributed by atoms with van der Waals surface area (Å²) in [5.41, 5.74) is 9.10. The Morgan fingerprint density at radius 2 is 1.12 bits per heavy atom. The number of para-hydroxylation sites is 3. The van der Waals surface area contributed by atoms with Gasteiger partial charge < -0.3 is 0 Å². The number of nitrogens with zero attached hydrogens (tertiary/aromatic N) is 2. The van der Waals surface area contributed by atoms with Crippen molar-refractivity contribution < 1.29 is 0 Å². The molecule has 2 nitrogen and oxygen atoms in total. The maximum Gasteiger partial charge on any atom is 0.147 e. The van der Waals surface area contributed by atoms with E-state index in [-0.39, 0.29) is 0 Å². The molecule has 0 radical (unpaired) electrons. The number of rotatable bonds is 4. The summed E-state index contributed by atoms with van der Waals surface area (Å²) in [7, 11) is 0. The number of hydrogen-bond acceptors (Lipinski definition) is 2. The molecule has 3 heteroatoms. The number of hydrogen-bond donors (Lipinski definition) is 0. The molecule has 2 heterocycles. The van der Waals surface area contributed by atoms with Gasteiger partial charge in [-0.3, -0.25) is 4.57 Å². The molecule has 0 aliphatic heterocycles. The predicted molar refractivity (Wildman–Crippen MR) is 170 cm³/mol. The Kier molecular flexibility index (Phi) is 5.35. The zero-order valence-corrected chi connectivity index (χ0v) is 22.5. The average Bonchev–Trinajstić information content (AvgIpc) is 3.61. The molecule has 0 aliphatic carbocycles. The van der Waals surface area contributed by atoms with Crippen LogP contribution in [0.1, 0.15) is 0 Å². The van der Waals surface area contributed by atoms with Gasteiger partial charge in [0.1, 0.15) is 5.82 Å². The van der Waals surface area contributed by atoms with Crippen LogP contribution in [0.3, 0.4) is 0 Å². The van der Waals surface area contributed by atoms with Crippen LogP contribution >= 0.6 is 11.3 Å². The quantitative estimate of drug-likeness (QED) is 0.222. The summed E-state index contributed by atoms with van der Waals surface area (Å²) < 4.78 is 3.66. The summed E-state index contributed by atoms with van der Waals surface area (Å²) in [6.45, 7) is 0. The molecule has 2 aromatic heterocycles. The van der Waals surface area contributed by atoms with Crippen molar-refractivity contribution in [3.8, 4) is 39.3 Å². The maximum absolute atomic E-state index is 5.30. The molecule has 0 aliphatic rings.